The number of hydrogen-bond acceptors (Lipinski definition) is 4. The van der Waals surface area contributed by atoms with E-state index in [9.17, 15) is 4.79 Å². The van der Waals surface area contributed by atoms with Gasteiger partial charge in [0.1, 0.15) is 5.75 Å². The molecule has 0 spiro atoms. The molecular formula is C22H27ClN2O2S. The smallest absolute Gasteiger partial charge is 0.223 e. The third-order valence-electron chi connectivity index (χ3n) is 4.98. The lowest BCUT2D eigenvalue weighted by molar-refractivity contribution is -0.126. The van der Waals surface area contributed by atoms with Gasteiger partial charge in [-0.15, -0.1) is 11.8 Å². The summed E-state index contributed by atoms with van der Waals surface area (Å²) in [6, 6.07) is 16.0. The average molecular weight is 419 g/mol. The Morgan fingerprint density at radius 3 is 2.68 bits per heavy atom. The van der Waals surface area contributed by atoms with Gasteiger partial charge in [0.15, 0.2) is 0 Å². The van der Waals surface area contributed by atoms with Gasteiger partial charge in [-0.25, -0.2) is 0 Å². The molecule has 1 amide bonds. The first-order valence-corrected chi connectivity index (χ1v) is 11.0. The maximum atomic E-state index is 12.4. The van der Waals surface area contributed by atoms with Crippen LogP contribution in [0, 0.1) is 5.92 Å². The summed E-state index contributed by atoms with van der Waals surface area (Å²) in [7, 11) is 1.69. The number of ether oxygens (including phenoxy) is 1. The molecule has 1 saturated heterocycles. The number of thioether (sulfide) groups is 1. The van der Waals surface area contributed by atoms with Crippen LogP contribution in [-0.2, 0) is 11.3 Å². The molecule has 1 heterocycles. The van der Waals surface area contributed by atoms with Crippen LogP contribution in [0.15, 0.2) is 53.4 Å². The van der Waals surface area contributed by atoms with Crippen molar-refractivity contribution in [3.8, 4) is 5.75 Å². The van der Waals surface area contributed by atoms with Crippen molar-refractivity contribution in [2.75, 3.05) is 32.5 Å². The van der Waals surface area contributed by atoms with Crippen molar-refractivity contribution in [2.45, 2.75) is 24.3 Å². The number of likely N-dealkylation sites (tertiary alicyclic amines) is 1. The lowest BCUT2D eigenvalue weighted by Gasteiger charge is -2.31. The van der Waals surface area contributed by atoms with Gasteiger partial charge >= 0.3 is 0 Å². The Balaban J connectivity index is 1.34. The quantitative estimate of drug-likeness (QED) is 0.507. The highest BCUT2D eigenvalue weighted by atomic mass is 35.5. The molecule has 0 saturated carbocycles. The first-order valence-electron chi connectivity index (χ1n) is 9.65. The van der Waals surface area contributed by atoms with Crippen molar-refractivity contribution in [3.05, 3.63) is 59.1 Å². The van der Waals surface area contributed by atoms with Crippen LogP contribution < -0.4 is 10.1 Å². The zero-order valence-electron chi connectivity index (χ0n) is 16.2. The third kappa shape index (κ3) is 6.43. The van der Waals surface area contributed by atoms with Crippen LogP contribution in [0.5, 0.6) is 5.75 Å². The SMILES string of the molecule is COc1cccc(CN2CCC(C(=O)NCCSc3ccc(Cl)cc3)CC2)c1. The second kappa shape index (κ2) is 10.7. The highest BCUT2D eigenvalue weighted by molar-refractivity contribution is 7.99. The highest BCUT2D eigenvalue weighted by Crippen LogP contribution is 2.22. The van der Waals surface area contributed by atoms with Gasteiger partial charge < -0.3 is 10.1 Å². The number of hydrogen-bond donors (Lipinski definition) is 1. The van der Waals surface area contributed by atoms with Crippen LogP contribution in [0.3, 0.4) is 0 Å². The Hall–Kier alpha value is -1.69. The van der Waals surface area contributed by atoms with Crippen LogP contribution in [0.2, 0.25) is 5.02 Å². The Labute approximate surface area is 176 Å². The van der Waals surface area contributed by atoms with Crippen molar-refractivity contribution < 1.29 is 9.53 Å². The van der Waals surface area contributed by atoms with Gasteiger partial charge in [0.2, 0.25) is 5.91 Å². The Bertz CT molecular complexity index is 761. The van der Waals surface area contributed by atoms with Crippen LogP contribution in [0.25, 0.3) is 0 Å². The molecule has 0 aliphatic carbocycles. The van der Waals surface area contributed by atoms with E-state index in [1.807, 2.05) is 36.4 Å². The van der Waals surface area contributed by atoms with Gasteiger partial charge in [-0.05, 0) is 67.9 Å². The summed E-state index contributed by atoms with van der Waals surface area (Å²) in [6.45, 7) is 3.50. The van der Waals surface area contributed by atoms with Gasteiger partial charge in [0, 0.05) is 34.7 Å². The molecule has 3 rings (SSSR count). The molecule has 1 fully saturated rings. The zero-order chi connectivity index (χ0) is 19.8. The first-order chi connectivity index (χ1) is 13.6. The van der Waals surface area contributed by atoms with E-state index >= 15 is 0 Å². The van der Waals surface area contributed by atoms with Crippen molar-refractivity contribution >= 4 is 29.3 Å². The van der Waals surface area contributed by atoms with Crippen LogP contribution in [0.4, 0.5) is 0 Å². The fourth-order valence-electron chi connectivity index (χ4n) is 3.40. The summed E-state index contributed by atoms with van der Waals surface area (Å²) in [5.74, 6) is 2.07. The van der Waals surface area contributed by atoms with Gasteiger partial charge in [-0.1, -0.05) is 23.7 Å². The molecule has 4 nitrogen and oxygen atoms in total. The lowest BCUT2D eigenvalue weighted by atomic mass is 9.95. The number of carbonyl (C=O) groups excluding carboxylic acids is 1. The average Bonchev–Trinajstić information content (AvgIpc) is 2.73. The second-order valence-electron chi connectivity index (χ2n) is 7.00. The molecule has 1 aliphatic heterocycles. The molecule has 0 bridgehead atoms. The van der Waals surface area contributed by atoms with E-state index in [0.29, 0.717) is 6.54 Å². The monoisotopic (exact) mass is 418 g/mol. The number of carbonyl (C=O) groups is 1. The van der Waals surface area contributed by atoms with E-state index in [2.05, 4.69) is 22.3 Å². The number of amides is 1. The number of halogens is 1. The molecule has 28 heavy (non-hydrogen) atoms. The Morgan fingerprint density at radius 2 is 1.96 bits per heavy atom. The van der Waals surface area contributed by atoms with E-state index in [-0.39, 0.29) is 11.8 Å². The molecular weight excluding hydrogens is 392 g/mol. The molecule has 1 aliphatic rings. The normalized spacial score (nSPS) is 15.4. The fourth-order valence-corrected chi connectivity index (χ4v) is 4.29. The fraction of sp³-hybridized carbons (Fsp3) is 0.409. The molecule has 2 aromatic carbocycles. The summed E-state index contributed by atoms with van der Waals surface area (Å²) in [5, 5.41) is 3.84. The number of benzene rings is 2. The predicted molar refractivity (Wildman–Crippen MR) is 116 cm³/mol. The maximum Gasteiger partial charge on any atom is 0.223 e. The minimum Gasteiger partial charge on any atom is -0.497 e. The van der Waals surface area contributed by atoms with E-state index in [0.717, 1.165) is 49.0 Å². The van der Waals surface area contributed by atoms with E-state index < -0.39 is 0 Å². The van der Waals surface area contributed by atoms with E-state index in [4.69, 9.17) is 16.3 Å². The molecule has 0 atom stereocenters. The summed E-state index contributed by atoms with van der Waals surface area (Å²) in [4.78, 5) is 16.0. The topological polar surface area (TPSA) is 41.6 Å². The largest absolute Gasteiger partial charge is 0.497 e. The molecule has 0 radical (unpaired) electrons. The minimum atomic E-state index is 0.127. The Kier molecular flexibility index (Phi) is 8.07. The second-order valence-corrected chi connectivity index (χ2v) is 8.60. The molecule has 0 unspecified atom stereocenters. The maximum absolute atomic E-state index is 12.4. The highest BCUT2D eigenvalue weighted by Gasteiger charge is 2.24. The molecule has 0 aromatic heterocycles. The summed E-state index contributed by atoms with van der Waals surface area (Å²) >= 11 is 7.62. The van der Waals surface area contributed by atoms with Crippen molar-refractivity contribution in [3.63, 3.8) is 0 Å². The Morgan fingerprint density at radius 1 is 1.21 bits per heavy atom. The van der Waals surface area contributed by atoms with Crippen LogP contribution >= 0.6 is 23.4 Å². The van der Waals surface area contributed by atoms with Crippen molar-refractivity contribution in [1.29, 1.82) is 0 Å². The van der Waals surface area contributed by atoms with Gasteiger partial charge in [0.25, 0.3) is 0 Å². The number of nitrogens with zero attached hydrogens (tertiary/aromatic N) is 1. The summed E-state index contributed by atoms with van der Waals surface area (Å²) in [6.07, 6.45) is 1.83. The van der Waals surface area contributed by atoms with Crippen molar-refractivity contribution in [1.82, 2.24) is 10.2 Å². The lowest BCUT2D eigenvalue weighted by Crippen LogP contribution is -2.40. The number of methoxy groups -OCH3 is 1. The first kappa shape index (κ1) is 21.0. The summed E-state index contributed by atoms with van der Waals surface area (Å²) < 4.78 is 5.29. The number of piperidine rings is 1. The minimum absolute atomic E-state index is 0.127. The number of rotatable bonds is 8. The van der Waals surface area contributed by atoms with Gasteiger partial charge in [-0.3, -0.25) is 9.69 Å². The van der Waals surface area contributed by atoms with Crippen LogP contribution in [0.1, 0.15) is 18.4 Å². The van der Waals surface area contributed by atoms with Gasteiger partial charge in [-0.2, -0.15) is 0 Å². The summed E-state index contributed by atoms with van der Waals surface area (Å²) in [5.41, 5.74) is 1.25. The van der Waals surface area contributed by atoms with Crippen molar-refractivity contribution in [2.24, 2.45) is 5.92 Å². The number of nitrogens with one attached hydrogen (secondary N) is 1. The van der Waals surface area contributed by atoms with Gasteiger partial charge in [0.05, 0.1) is 7.11 Å². The zero-order valence-corrected chi connectivity index (χ0v) is 17.8. The molecule has 2 aromatic rings. The molecule has 150 valence electrons. The predicted octanol–water partition coefficient (Wildman–Crippen LogP) is 4.47. The molecule has 6 heteroatoms. The van der Waals surface area contributed by atoms with E-state index in [1.54, 1.807) is 18.9 Å². The molecule has 1 N–H and O–H groups in total. The van der Waals surface area contributed by atoms with E-state index in [1.165, 1.54) is 10.5 Å². The van der Waals surface area contributed by atoms with Crippen LogP contribution in [-0.4, -0.2) is 43.3 Å². The standard InChI is InChI=1S/C22H27ClN2O2S/c1-27-20-4-2-3-17(15-20)16-25-12-9-18(10-13-25)22(26)24-11-14-28-21-7-5-19(23)6-8-21/h2-8,15,18H,9-14,16H2,1H3,(H,24,26). The third-order valence-corrected chi connectivity index (χ3v) is 6.25.